The Morgan fingerprint density at radius 2 is 2.08 bits per heavy atom. The summed E-state index contributed by atoms with van der Waals surface area (Å²) in [6, 6.07) is 5.54. The zero-order chi connectivity index (χ0) is 8.55. The molecule has 0 aromatic heterocycles. The number of benzene rings is 1. The van der Waals surface area contributed by atoms with Crippen LogP contribution in [-0.4, -0.2) is 5.11 Å². The second kappa shape index (κ2) is 2.70. The molecular weight excluding hydrogens is 150 g/mol. The van der Waals surface area contributed by atoms with E-state index in [1.54, 1.807) is 6.07 Å². The standard InChI is InChI=1S/C10H13NO/c11-9-6-8(4-5-10(9)12)7-2-1-3-7/h4-7,12H,1-3,11H2. The highest BCUT2D eigenvalue weighted by molar-refractivity contribution is 5.54. The van der Waals surface area contributed by atoms with Gasteiger partial charge in [0, 0.05) is 0 Å². The van der Waals surface area contributed by atoms with Gasteiger partial charge in [0.2, 0.25) is 0 Å². The fourth-order valence-corrected chi connectivity index (χ4v) is 1.57. The van der Waals surface area contributed by atoms with E-state index in [2.05, 4.69) is 0 Å². The maximum absolute atomic E-state index is 9.19. The first-order valence-corrected chi connectivity index (χ1v) is 4.36. The van der Waals surface area contributed by atoms with Crippen molar-refractivity contribution in [2.75, 3.05) is 5.73 Å². The number of aromatic hydroxyl groups is 1. The van der Waals surface area contributed by atoms with Gasteiger partial charge in [0.15, 0.2) is 0 Å². The van der Waals surface area contributed by atoms with Crippen molar-refractivity contribution in [1.82, 2.24) is 0 Å². The highest BCUT2D eigenvalue weighted by Gasteiger charge is 2.19. The van der Waals surface area contributed by atoms with Crippen LogP contribution < -0.4 is 5.73 Å². The van der Waals surface area contributed by atoms with Crippen LogP contribution in [0.3, 0.4) is 0 Å². The predicted molar refractivity (Wildman–Crippen MR) is 49.1 cm³/mol. The topological polar surface area (TPSA) is 46.2 Å². The van der Waals surface area contributed by atoms with Crippen LogP contribution in [0.2, 0.25) is 0 Å². The first kappa shape index (κ1) is 7.47. The molecule has 0 radical (unpaired) electrons. The fourth-order valence-electron chi connectivity index (χ4n) is 1.57. The van der Waals surface area contributed by atoms with Gasteiger partial charge in [-0.25, -0.2) is 0 Å². The number of phenolic OH excluding ortho intramolecular Hbond substituents is 1. The third kappa shape index (κ3) is 1.13. The molecule has 0 spiro atoms. The Morgan fingerprint density at radius 1 is 1.33 bits per heavy atom. The zero-order valence-electron chi connectivity index (χ0n) is 6.96. The quantitative estimate of drug-likeness (QED) is 0.492. The Balaban J connectivity index is 2.27. The van der Waals surface area contributed by atoms with Crippen LogP contribution in [0.15, 0.2) is 18.2 Å². The molecular formula is C10H13NO. The van der Waals surface area contributed by atoms with Gasteiger partial charge in [0.05, 0.1) is 5.69 Å². The fraction of sp³-hybridized carbons (Fsp3) is 0.400. The number of nitrogen functional groups attached to an aromatic ring is 1. The van der Waals surface area contributed by atoms with Crippen LogP contribution in [0.25, 0.3) is 0 Å². The van der Waals surface area contributed by atoms with E-state index >= 15 is 0 Å². The lowest BCUT2D eigenvalue weighted by Gasteiger charge is -2.25. The molecule has 2 heteroatoms. The first-order valence-electron chi connectivity index (χ1n) is 4.36. The molecule has 0 aliphatic heterocycles. The first-order chi connectivity index (χ1) is 5.77. The molecule has 0 heterocycles. The van der Waals surface area contributed by atoms with Crippen LogP contribution in [0.5, 0.6) is 5.75 Å². The molecule has 0 amide bonds. The molecule has 64 valence electrons. The van der Waals surface area contributed by atoms with Gasteiger partial charge < -0.3 is 10.8 Å². The summed E-state index contributed by atoms with van der Waals surface area (Å²) in [5.74, 6) is 0.881. The second-order valence-corrected chi connectivity index (χ2v) is 3.45. The number of phenols is 1. The number of anilines is 1. The van der Waals surface area contributed by atoms with E-state index < -0.39 is 0 Å². The highest BCUT2D eigenvalue weighted by Crippen LogP contribution is 2.38. The molecule has 1 fully saturated rings. The Kier molecular flexibility index (Phi) is 1.68. The molecule has 1 aliphatic carbocycles. The van der Waals surface area contributed by atoms with Gasteiger partial charge in [-0.15, -0.1) is 0 Å². The second-order valence-electron chi connectivity index (χ2n) is 3.45. The molecule has 1 aromatic rings. The van der Waals surface area contributed by atoms with Gasteiger partial charge in [-0.3, -0.25) is 0 Å². The van der Waals surface area contributed by atoms with E-state index in [0.717, 1.165) is 0 Å². The van der Waals surface area contributed by atoms with Gasteiger partial charge in [-0.2, -0.15) is 0 Å². The molecule has 0 bridgehead atoms. The zero-order valence-corrected chi connectivity index (χ0v) is 6.96. The molecule has 1 aromatic carbocycles. The van der Waals surface area contributed by atoms with Crippen LogP contribution in [0.4, 0.5) is 5.69 Å². The molecule has 2 rings (SSSR count). The average Bonchev–Trinajstić information content (AvgIpc) is 1.93. The van der Waals surface area contributed by atoms with Crippen LogP contribution >= 0.6 is 0 Å². The van der Waals surface area contributed by atoms with Gasteiger partial charge in [0.25, 0.3) is 0 Å². The lowest BCUT2D eigenvalue weighted by atomic mass is 9.80. The summed E-state index contributed by atoms with van der Waals surface area (Å²) in [4.78, 5) is 0. The predicted octanol–water partition coefficient (Wildman–Crippen LogP) is 2.24. The van der Waals surface area contributed by atoms with Gasteiger partial charge in [-0.05, 0) is 36.5 Å². The molecule has 12 heavy (non-hydrogen) atoms. The summed E-state index contributed by atoms with van der Waals surface area (Å²) in [5, 5.41) is 9.19. The molecule has 1 saturated carbocycles. The summed E-state index contributed by atoms with van der Waals surface area (Å²) >= 11 is 0. The largest absolute Gasteiger partial charge is 0.506 e. The third-order valence-electron chi connectivity index (χ3n) is 2.63. The lowest BCUT2D eigenvalue weighted by molar-refractivity contribution is 0.419. The van der Waals surface area contributed by atoms with Crippen molar-refractivity contribution < 1.29 is 5.11 Å². The highest BCUT2D eigenvalue weighted by atomic mass is 16.3. The number of hydrogen-bond acceptors (Lipinski definition) is 2. The van der Waals surface area contributed by atoms with Crippen molar-refractivity contribution in [2.24, 2.45) is 0 Å². The van der Waals surface area contributed by atoms with E-state index in [0.29, 0.717) is 11.6 Å². The van der Waals surface area contributed by atoms with Crippen LogP contribution in [0.1, 0.15) is 30.7 Å². The molecule has 0 saturated heterocycles. The average molecular weight is 163 g/mol. The minimum absolute atomic E-state index is 0.193. The van der Waals surface area contributed by atoms with Crippen molar-refractivity contribution in [3.8, 4) is 5.75 Å². The van der Waals surface area contributed by atoms with E-state index in [1.165, 1.54) is 24.8 Å². The van der Waals surface area contributed by atoms with Crippen molar-refractivity contribution in [3.63, 3.8) is 0 Å². The molecule has 3 N–H and O–H groups in total. The Morgan fingerprint density at radius 3 is 2.58 bits per heavy atom. The van der Waals surface area contributed by atoms with Gasteiger partial charge >= 0.3 is 0 Å². The third-order valence-corrected chi connectivity index (χ3v) is 2.63. The number of rotatable bonds is 1. The molecule has 0 unspecified atom stereocenters. The van der Waals surface area contributed by atoms with Crippen molar-refractivity contribution >= 4 is 5.69 Å². The summed E-state index contributed by atoms with van der Waals surface area (Å²) in [6.45, 7) is 0. The molecule has 0 atom stereocenters. The van der Waals surface area contributed by atoms with E-state index in [9.17, 15) is 5.11 Å². The lowest BCUT2D eigenvalue weighted by Crippen LogP contribution is -2.08. The SMILES string of the molecule is Nc1cc(C2CCC2)ccc1O. The maximum Gasteiger partial charge on any atom is 0.138 e. The van der Waals surface area contributed by atoms with Crippen molar-refractivity contribution in [3.05, 3.63) is 23.8 Å². The Labute approximate surface area is 72.0 Å². The van der Waals surface area contributed by atoms with Crippen molar-refractivity contribution in [1.29, 1.82) is 0 Å². The Hall–Kier alpha value is -1.18. The van der Waals surface area contributed by atoms with Gasteiger partial charge in [-0.1, -0.05) is 12.5 Å². The Bertz CT molecular complexity index is 292. The normalized spacial score (nSPS) is 17.3. The number of nitrogens with two attached hydrogens (primary N) is 1. The molecule has 1 aliphatic rings. The maximum atomic E-state index is 9.19. The van der Waals surface area contributed by atoms with E-state index in [-0.39, 0.29) is 5.75 Å². The summed E-state index contributed by atoms with van der Waals surface area (Å²) in [5.41, 5.74) is 7.36. The summed E-state index contributed by atoms with van der Waals surface area (Å²) in [6.07, 6.45) is 3.86. The summed E-state index contributed by atoms with van der Waals surface area (Å²) in [7, 11) is 0. The van der Waals surface area contributed by atoms with E-state index in [4.69, 9.17) is 5.73 Å². The molecule has 2 nitrogen and oxygen atoms in total. The summed E-state index contributed by atoms with van der Waals surface area (Å²) < 4.78 is 0. The minimum Gasteiger partial charge on any atom is -0.506 e. The monoisotopic (exact) mass is 163 g/mol. The van der Waals surface area contributed by atoms with Gasteiger partial charge in [0.1, 0.15) is 5.75 Å². The van der Waals surface area contributed by atoms with Crippen LogP contribution in [0, 0.1) is 0 Å². The minimum atomic E-state index is 0.193. The number of hydrogen-bond donors (Lipinski definition) is 2. The van der Waals surface area contributed by atoms with Crippen molar-refractivity contribution in [2.45, 2.75) is 25.2 Å². The smallest absolute Gasteiger partial charge is 0.138 e. The van der Waals surface area contributed by atoms with E-state index in [1.807, 2.05) is 12.1 Å². The van der Waals surface area contributed by atoms with Crippen LogP contribution in [-0.2, 0) is 0 Å².